The first-order valence-electron chi connectivity index (χ1n) is 5.03. The van der Waals surface area contributed by atoms with Gasteiger partial charge >= 0.3 is 5.97 Å². The lowest BCUT2D eigenvalue weighted by Crippen LogP contribution is -3.00. The van der Waals surface area contributed by atoms with Gasteiger partial charge in [0.25, 0.3) is 0 Å². The molecule has 0 aliphatic heterocycles. The number of benzene rings is 1. The summed E-state index contributed by atoms with van der Waals surface area (Å²) in [6, 6.07) is 3.81. The predicted molar refractivity (Wildman–Crippen MR) is 68.6 cm³/mol. The lowest BCUT2D eigenvalue weighted by atomic mass is 10.3. The van der Waals surface area contributed by atoms with Crippen LogP contribution in [-0.4, -0.2) is 27.2 Å². The molecule has 0 aliphatic rings. The van der Waals surface area contributed by atoms with Crippen LogP contribution >= 0.6 is 21.6 Å². The number of carbonyl (C=O) groups is 1. The molecule has 1 rings (SSSR count). The third-order valence-electron chi connectivity index (χ3n) is 2.00. The molecule has 5 N–H and O–H groups in total. The number of carboxylic acid groups (broad SMARTS) is 1. The van der Waals surface area contributed by atoms with Gasteiger partial charge in [0.2, 0.25) is 0 Å². The normalized spacial score (nSPS) is 14.1. The number of aliphatic carboxylic acids is 1. The third-order valence-corrected chi connectivity index (χ3v) is 4.42. The molecule has 0 amide bonds. The van der Waals surface area contributed by atoms with E-state index < -0.39 is 16.4 Å². The van der Waals surface area contributed by atoms with E-state index in [0.717, 1.165) is 16.9 Å². The maximum Gasteiger partial charge on any atom is 0.304 e. The van der Waals surface area contributed by atoms with Crippen LogP contribution in [0.3, 0.4) is 0 Å². The number of carboxylic acids is 1. The minimum atomic E-state index is -1.22. The van der Waals surface area contributed by atoms with Crippen LogP contribution in [-0.2, 0) is 4.79 Å². The molecule has 0 saturated heterocycles. The van der Waals surface area contributed by atoms with E-state index in [1.54, 1.807) is 0 Å². The van der Waals surface area contributed by atoms with Crippen LogP contribution in [0.2, 0.25) is 0 Å². The Labute approximate surface area is 116 Å². The number of hydrogen-bond donors (Lipinski definition) is 5. The maximum absolute atomic E-state index is 11.0. The van der Waals surface area contributed by atoms with Crippen LogP contribution in [0.25, 0.3) is 0 Å². The molecule has 1 aromatic carbocycles. The molecule has 0 spiro atoms. The fraction of sp³-hybridized carbons (Fsp3) is 0.222. The van der Waals surface area contributed by atoms with Gasteiger partial charge in [-0.15, -0.1) is 0 Å². The van der Waals surface area contributed by atoms with Crippen LogP contribution in [0, 0.1) is 10.4 Å². The van der Waals surface area contributed by atoms with Crippen LogP contribution in [0.15, 0.2) is 23.1 Å². The summed E-state index contributed by atoms with van der Waals surface area (Å²) in [5.74, 6) is -0.590. The molecule has 19 heavy (non-hydrogen) atoms. The fourth-order valence-corrected chi connectivity index (χ4v) is 3.28. The van der Waals surface area contributed by atoms with Crippen LogP contribution in [0.5, 0.6) is 0 Å². The minimum absolute atomic E-state index is 0.0206. The van der Waals surface area contributed by atoms with E-state index in [2.05, 4.69) is 0 Å². The summed E-state index contributed by atoms with van der Waals surface area (Å²) in [5, 5.41) is 45.6. The number of nitrogens with one attached hydrogen (secondary N) is 2. The smallest absolute Gasteiger partial charge is 0.304 e. The van der Waals surface area contributed by atoms with Crippen molar-refractivity contribution >= 4 is 38.9 Å². The topological polar surface area (TPSA) is 133 Å². The van der Waals surface area contributed by atoms with Crippen molar-refractivity contribution < 1.29 is 30.8 Å². The van der Waals surface area contributed by atoms with Gasteiger partial charge in [-0.3, -0.25) is 4.79 Å². The molecule has 0 aliphatic carbocycles. The molecule has 0 aromatic heterocycles. The molecule has 2 atom stereocenters. The predicted octanol–water partition coefficient (Wildman–Crippen LogP) is -0.292. The average molecular weight is 308 g/mol. The zero-order chi connectivity index (χ0) is 14.4. The molecule has 8 nitrogen and oxygen atoms in total. The Hall–Kier alpha value is -0.850. The van der Waals surface area contributed by atoms with Gasteiger partial charge in [-0.05, 0) is 6.07 Å². The lowest BCUT2D eigenvalue weighted by Gasteiger charge is -2.17. The van der Waals surface area contributed by atoms with Crippen molar-refractivity contribution in [1.82, 2.24) is 0 Å². The standard InChI is InChI=1S/C9H12N2O6S2/c12-9(13)3-4-18-19-8-2-1-6(10(14)15)5-7(8)11(16)17/h1-2,5,10-11,14,16H,3-4H2,(H,12,13). The second-order valence-electron chi connectivity index (χ2n) is 3.37. The largest absolute Gasteiger partial charge is 0.595 e. The fourth-order valence-electron chi connectivity index (χ4n) is 1.14. The van der Waals surface area contributed by atoms with Gasteiger partial charge in [-0.1, -0.05) is 21.6 Å². The van der Waals surface area contributed by atoms with Gasteiger partial charge in [-0.25, -0.2) is 10.4 Å². The third kappa shape index (κ3) is 5.34. The van der Waals surface area contributed by atoms with Gasteiger partial charge in [0.15, 0.2) is 11.4 Å². The highest BCUT2D eigenvalue weighted by Crippen LogP contribution is 2.35. The second-order valence-corrected chi connectivity index (χ2v) is 5.83. The van der Waals surface area contributed by atoms with E-state index in [-0.39, 0.29) is 17.8 Å². The Morgan fingerprint density at radius 1 is 1.26 bits per heavy atom. The Morgan fingerprint density at radius 2 is 1.95 bits per heavy atom. The molecule has 2 unspecified atom stereocenters. The molecular weight excluding hydrogens is 296 g/mol. The van der Waals surface area contributed by atoms with Gasteiger partial charge in [0.1, 0.15) is 0 Å². The van der Waals surface area contributed by atoms with E-state index in [1.807, 2.05) is 0 Å². The Kier molecular flexibility index (Phi) is 6.54. The molecule has 1 aromatic rings. The van der Waals surface area contributed by atoms with E-state index in [4.69, 9.17) is 15.5 Å². The zero-order valence-corrected chi connectivity index (χ0v) is 11.2. The SMILES string of the molecule is O=C(O)CCSSc1ccc([NH+]([O-])O)cc1[NH+]([O-])O. The van der Waals surface area contributed by atoms with Crippen molar-refractivity contribution in [3.8, 4) is 0 Å². The summed E-state index contributed by atoms with van der Waals surface area (Å²) < 4.78 is 0. The van der Waals surface area contributed by atoms with Crippen molar-refractivity contribution in [3.63, 3.8) is 0 Å². The van der Waals surface area contributed by atoms with Crippen LogP contribution < -0.4 is 10.5 Å². The average Bonchev–Trinajstić information content (AvgIpc) is 2.34. The number of quaternary nitrogens is 2. The Morgan fingerprint density at radius 3 is 2.47 bits per heavy atom. The maximum atomic E-state index is 11.0. The summed E-state index contributed by atoms with van der Waals surface area (Å²) in [5.41, 5.74) is -0.204. The molecule has 0 fully saturated rings. The highest BCUT2D eigenvalue weighted by Gasteiger charge is 2.14. The summed E-state index contributed by atoms with van der Waals surface area (Å²) in [4.78, 5) is 10.7. The lowest BCUT2D eigenvalue weighted by molar-refractivity contribution is -0.997. The van der Waals surface area contributed by atoms with Crippen molar-refractivity contribution in [1.29, 1.82) is 0 Å². The van der Waals surface area contributed by atoms with E-state index in [0.29, 0.717) is 10.6 Å². The molecule has 0 saturated carbocycles. The van der Waals surface area contributed by atoms with Gasteiger partial charge in [-0.2, -0.15) is 10.5 Å². The quantitative estimate of drug-likeness (QED) is 0.264. The van der Waals surface area contributed by atoms with Gasteiger partial charge in [0, 0.05) is 11.8 Å². The first-order chi connectivity index (χ1) is 8.91. The van der Waals surface area contributed by atoms with E-state index in [9.17, 15) is 15.2 Å². The van der Waals surface area contributed by atoms with Gasteiger partial charge < -0.3 is 15.5 Å². The first-order valence-corrected chi connectivity index (χ1v) is 7.35. The van der Waals surface area contributed by atoms with Crippen molar-refractivity contribution in [3.05, 3.63) is 28.6 Å². The molecule has 0 heterocycles. The molecular formula is C9H12N2O6S2. The second kappa shape index (κ2) is 7.67. The van der Waals surface area contributed by atoms with Crippen LogP contribution in [0.4, 0.5) is 11.4 Å². The van der Waals surface area contributed by atoms with Crippen molar-refractivity contribution in [2.75, 3.05) is 5.75 Å². The Balaban J connectivity index is 2.74. The molecule has 10 heteroatoms. The summed E-state index contributed by atoms with van der Waals surface area (Å²) in [7, 11) is 2.32. The first kappa shape index (κ1) is 16.2. The summed E-state index contributed by atoms with van der Waals surface area (Å²) in [6.07, 6.45) is -0.0206. The Bertz CT molecular complexity index is 443. The van der Waals surface area contributed by atoms with Crippen LogP contribution in [0.1, 0.15) is 6.42 Å². The summed E-state index contributed by atoms with van der Waals surface area (Å²) >= 11 is 0. The zero-order valence-electron chi connectivity index (χ0n) is 9.53. The van der Waals surface area contributed by atoms with Gasteiger partial charge in [0.05, 0.1) is 17.4 Å². The summed E-state index contributed by atoms with van der Waals surface area (Å²) in [6.45, 7) is 0. The molecule has 106 valence electrons. The highest BCUT2D eigenvalue weighted by molar-refractivity contribution is 8.76. The molecule has 0 bridgehead atoms. The number of hydrogen-bond acceptors (Lipinski definition) is 7. The molecule has 0 radical (unpaired) electrons. The minimum Gasteiger partial charge on any atom is -0.595 e. The number of rotatable bonds is 7. The highest BCUT2D eigenvalue weighted by atomic mass is 33.1. The van der Waals surface area contributed by atoms with E-state index >= 15 is 0 Å². The van der Waals surface area contributed by atoms with Crippen molar-refractivity contribution in [2.24, 2.45) is 0 Å². The monoisotopic (exact) mass is 308 g/mol. The van der Waals surface area contributed by atoms with Crippen molar-refractivity contribution in [2.45, 2.75) is 11.3 Å². The van der Waals surface area contributed by atoms with E-state index in [1.165, 1.54) is 22.9 Å².